The van der Waals surface area contributed by atoms with E-state index in [1.54, 1.807) is 24.3 Å². The number of hydrogen-bond donors (Lipinski definition) is 0. The van der Waals surface area contributed by atoms with Gasteiger partial charge in [-0.05, 0) is 12.1 Å². The lowest BCUT2D eigenvalue weighted by atomic mass is 9.92. The molecule has 0 bridgehead atoms. The summed E-state index contributed by atoms with van der Waals surface area (Å²) < 4.78 is 3.91. The van der Waals surface area contributed by atoms with Crippen LogP contribution in [-0.4, -0.2) is 21.4 Å². The molecule has 2 amide bonds. The second-order valence-corrected chi connectivity index (χ2v) is 6.40. The quantitative estimate of drug-likeness (QED) is 0.756. The van der Waals surface area contributed by atoms with Gasteiger partial charge in [0.1, 0.15) is 5.69 Å². The lowest BCUT2D eigenvalue weighted by molar-refractivity contribution is 0.0926. The Labute approximate surface area is 120 Å². The Kier molecular flexibility index (Phi) is 2.72. The second-order valence-electron chi connectivity index (χ2n) is 5.67. The maximum absolute atomic E-state index is 12.4. The van der Waals surface area contributed by atoms with Crippen LogP contribution in [0.15, 0.2) is 24.3 Å². The summed E-state index contributed by atoms with van der Waals surface area (Å²) in [4.78, 5) is 26.1. The zero-order valence-corrected chi connectivity index (χ0v) is 12.2. The van der Waals surface area contributed by atoms with Gasteiger partial charge in [0.15, 0.2) is 5.00 Å². The minimum absolute atomic E-state index is 0.280. The van der Waals surface area contributed by atoms with Gasteiger partial charge < -0.3 is 0 Å². The topological polar surface area (TPSA) is 63.2 Å². The van der Waals surface area contributed by atoms with E-state index in [0.29, 0.717) is 21.8 Å². The molecule has 0 spiro atoms. The number of imide groups is 1. The van der Waals surface area contributed by atoms with Crippen LogP contribution in [0.2, 0.25) is 0 Å². The molecule has 0 unspecified atom stereocenters. The van der Waals surface area contributed by atoms with Gasteiger partial charge >= 0.3 is 0 Å². The molecule has 6 heteroatoms. The molecule has 1 aromatic heterocycles. The normalized spacial score (nSPS) is 14.8. The minimum Gasteiger partial charge on any atom is -0.268 e. The third kappa shape index (κ3) is 1.76. The number of nitrogens with zero attached hydrogens (tertiary/aromatic N) is 3. The van der Waals surface area contributed by atoms with Crippen molar-refractivity contribution < 1.29 is 9.59 Å². The van der Waals surface area contributed by atoms with Crippen molar-refractivity contribution in [3.05, 3.63) is 41.1 Å². The number of rotatable bonds is 1. The highest BCUT2D eigenvalue weighted by molar-refractivity contribution is 7.10. The molecule has 2 aromatic rings. The Morgan fingerprint density at radius 2 is 1.60 bits per heavy atom. The number of benzene rings is 1. The average molecular weight is 287 g/mol. The first-order chi connectivity index (χ1) is 9.41. The molecule has 2 heterocycles. The Hall–Kier alpha value is -2.08. The van der Waals surface area contributed by atoms with Crippen LogP contribution in [0.1, 0.15) is 47.2 Å². The molecule has 0 atom stereocenters. The van der Waals surface area contributed by atoms with E-state index in [1.165, 1.54) is 4.90 Å². The summed E-state index contributed by atoms with van der Waals surface area (Å²) in [6.45, 7) is 5.93. The highest BCUT2D eigenvalue weighted by Crippen LogP contribution is 2.37. The van der Waals surface area contributed by atoms with Crippen LogP contribution in [0.4, 0.5) is 5.00 Å². The number of fused-ring (bicyclic) bond motifs is 1. The van der Waals surface area contributed by atoms with E-state index in [1.807, 2.05) is 20.8 Å². The Morgan fingerprint density at radius 3 is 2.10 bits per heavy atom. The molecular weight excluding hydrogens is 274 g/mol. The van der Waals surface area contributed by atoms with Gasteiger partial charge in [-0.25, -0.2) is 4.90 Å². The molecule has 0 saturated carbocycles. The van der Waals surface area contributed by atoms with Crippen LogP contribution in [0.5, 0.6) is 0 Å². The molecule has 0 N–H and O–H groups in total. The van der Waals surface area contributed by atoms with E-state index < -0.39 is 0 Å². The summed E-state index contributed by atoms with van der Waals surface area (Å²) in [6, 6.07) is 6.84. The molecule has 1 aliphatic heterocycles. The van der Waals surface area contributed by atoms with Gasteiger partial charge in [0.2, 0.25) is 0 Å². The molecular formula is C14H13N3O2S. The van der Waals surface area contributed by atoms with Crippen LogP contribution in [0.25, 0.3) is 0 Å². The monoisotopic (exact) mass is 287 g/mol. The van der Waals surface area contributed by atoms with E-state index in [2.05, 4.69) is 9.59 Å². The van der Waals surface area contributed by atoms with Crippen molar-refractivity contribution in [2.75, 3.05) is 4.90 Å². The molecule has 0 radical (unpaired) electrons. The summed E-state index contributed by atoms with van der Waals surface area (Å²) in [7, 11) is 0. The number of aromatic nitrogens is 2. The zero-order valence-electron chi connectivity index (χ0n) is 11.4. The second kappa shape index (κ2) is 4.21. The van der Waals surface area contributed by atoms with Crippen LogP contribution in [0, 0.1) is 0 Å². The maximum atomic E-state index is 12.4. The minimum atomic E-state index is -0.304. The van der Waals surface area contributed by atoms with Crippen LogP contribution in [-0.2, 0) is 5.41 Å². The summed E-state index contributed by atoms with van der Waals surface area (Å²) in [5.74, 6) is -0.607. The number of amides is 2. The highest BCUT2D eigenvalue weighted by Gasteiger charge is 2.40. The summed E-state index contributed by atoms with van der Waals surface area (Å²) in [5, 5.41) is 4.60. The van der Waals surface area contributed by atoms with E-state index in [0.717, 1.165) is 11.5 Å². The summed E-state index contributed by atoms with van der Waals surface area (Å²) in [6.07, 6.45) is 0. The third-order valence-corrected chi connectivity index (χ3v) is 3.89. The van der Waals surface area contributed by atoms with E-state index in [9.17, 15) is 9.59 Å². The number of hydrogen-bond acceptors (Lipinski definition) is 5. The molecule has 0 fully saturated rings. The molecule has 0 saturated heterocycles. The van der Waals surface area contributed by atoms with Gasteiger partial charge in [-0.3, -0.25) is 9.59 Å². The van der Waals surface area contributed by atoms with Gasteiger partial charge in [-0.2, -0.15) is 0 Å². The third-order valence-electron chi connectivity index (χ3n) is 3.18. The van der Waals surface area contributed by atoms with Crippen molar-refractivity contribution in [1.29, 1.82) is 0 Å². The predicted octanol–water partition coefficient (Wildman–Crippen LogP) is 2.64. The van der Waals surface area contributed by atoms with Crippen LogP contribution < -0.4 is 4.90 Å². The molecule has 20 heavy (non-hydrogen) atoms. The van der Waals surface area contributed by atoms with Crippen molar-refractivity contribution in [3.8, 4) is 0 Å². The average Bonchev–Trinajstić information content (AvgIpc) is 2.95. The zero-order chi connectivity index (χ0) is 14.5. The van der Waals surface area contributed by atoms with Crippen LogP contribution in [0.3, 0.4) is 0 Å². The van der Waals surface area contributed by atoms with E-state index >= 15 is 0 Å². The summed E-state index contributed by atoms with van der Waals surface area (Å²) in [5.41, 5.74) is 1.26. The largest absolute Gasteiger partial charge is 0.268 e. The van der Waals surface area contributed by atoms with Crippen molar-refractivity contribution in [1.82, 2.24) is 9.59 Å². The van der Waals surface area contributed by atoms with Gasteiger partial charge in [-0.15, -0.1) is 5.10 Å². The van der Waals surface area contributed by atoms with Crippen molar-refractivity contribution in [2.45, 2.75) is 26.2 Å². The fourth-order valence-corrected chi connectivity index (χ4v) is 3.06. The molecule has 5 nitrogen and oxygen atoms in total. The van der Waals surface area contributed by atoms with Gasteiger partial charge in [-0.1, -0.05) is 37.4 Å². The SMILES string of the molecule is CC(C)(C)c1nnsc1N1C(=O)c2ccccc2C1=O. The lowest BCUT2D eigenvalue weighted by Crippen LogP contribution is -2.31. The first kappa shape index (κ1) is 12.9. The smallest absolute Gasteiger partial charge is 0.266 e. The standard InChI is InChI=1S/C14H13N3O2S/c1-14(2,3)10-13(20-16-15-10)17-11(18)8-6-4-5-7-9(8)12(17)19/h4-7H,1-3H3. The number of carbonyl (C=O) groups is 2. The first-order valence-electron chi connectivity index (χ1n) is 6.22. The molecule has 0 aliphatic carbocycles. The maximum Gasteiger partial charge on any atom is 0.266 e. The number of carbonyl (C=O) groups excluding carboxylic acids is 2. The van der Waals surface area contributed by atoms with E-state index in [4.69, 9.17) is 0 Å². The molecule has 1 aromatic carbocycles. The van der Waals surface area contributed by atoms with Crippen LogP contribution >= 0.6 is 11.5 Å². The molecule has 102 valence electrons. The lowest BCUT2D eigenvalue weighted by Gasteiger charge is -2.20. The van der Waals surface area contributed by atoms with Gasteiger partial charge in [0.25, 0.3) is 11.8 Å². The van der Waals surface area contributed by atoms with Crippen molar-refractivity contribution in [3.63, 3.8) is 0 Å². The molecule has 1 aliphatic rings. The Balaban J connectivity index is 2.13. The van der Waals surface area contributed by atoms with Crippen molar-refractivity contribution >= 4 is 28.3 Å². The fourth-order valence-electron chi connectivity index (χ4n) is 2.18. The predicted molar refractivity (Wildman–Crippen MR) is 76.2 cm³/mol. The first-order valence-corrected chi connectivity index (χ1v) is 6.99. The fraction of sp³-hybridized carbons (Fsp3) is 0.286. The van der Waals surface area contributed by atoms with E-state index in [-0.39, 0.29) is 17.2 Å². The van der Waals surface area contributed by atoms with Gasteiger partial charge in [0, 0.05) is 16.9 Å². The highest BCUT2D eigenvalue weighted by atomic mass is 32.1. The van der Waals surface area contributed by atoms with Gasteiger partial charge in [0.05, 0.1) is 11.1 Å². The Bertz CT molecular complexity index is 680. The van der Waals surface area contributed by atoms with Crippen molar-refractivity contribution in [2.24, 2.45) is 0 Å². The Morgan fingerprint density at radius 1 is 1.05 bits per heavy atom. The number of anilines is 1. The summed E-state index contributed by atoms with van der Waals surface area (Å²) >= 11 is 1.07. The molecule has 3 rings (SSSR count).